The number of hydrogen-bond donors (Lipinski definition) is 2. The van der Waals surface area contributed by atoms with Crippen LogP contribution in [0.15, 0.2) is 36.4 Å². The molecule has 7 nitrogen and oxygen atoms in total. The lowest BCUT2D eigenvalue weighted by atomic mass is 10.0. The van der Waals surface area contributed by atoms with Gasteiger partial charge in [0.25, 0.3) is 0 Å². The van der Waals surface area contributed by atoms with Crippen LogP contribution in [0.2, 0.25) is 0 Å². The van der Waals surface area contributed by atoms with Crippen LogP contribution in [0, 0.1) is 25.2 Å². The number of aryl methyl sites for hydroxylation is 2. The zero-order valence-electron chi connectivity index (χ0n) is 16.6. The van der Waals surface area contributed by atoms with Crippen molar-refractivity contribution in [2.45, 2.75) is 20.0 Å². The number of nitrogens with zero attached hydrogens (tertiary/aromatic N) is 4. The van der Waals surface area contributed by atoms with Gasteiger partial charge in [-0.2, -0.15) is 10.4 Å². The number of ether oxygens (including phenoxy) is 1. The first-order valence-corrected chi connectivity index (χ1v) is 9.69. The number of morpholine rings is 1. The van der Waals surface area contributed by atoms with E-state index in [2.05, 4.69) is 44.7 Å². The SMILES string of the molecule is Cc1cc(C#N)cc([C@@H](N)Nc2nnc(C)c3ccc(N4CCOCC4)cc23)c1. The summed E-state index contributed by atoms with van der Waals surface area (Å²) < 4.78 is 5.47. The molecule has 1 saturated heterocycles. The second-order valence-electron chi connectivity index (χ2n) is 7.33. The Morgan fingerprint density at radius 2 is 1.90 bits per heavy atom. The van der Waals surface area contributed by atoms with Crippen LogP contribution >= 0.6 is 0 Å². The molecule has 2 aromatic carbocycles. The molecule has 0 bridgehead atoms. The molecule has 3 N–H and O–H groups in total. The van der Waals surface area contributed by atoms with Crippen LogP contribution in [0.3, 0.4) is 0 Å². The van der Waals surface area contributed by atoms with E-state index >= 15 is 0 Å². The molecule has 1 aliphatic heterocycles. The van der Waals surface area contributed by atoms with E-state index in [9.17, 15) is 5.26 Å². The summed E-state index contributed by atoms with van der Waals surface area (Å²) in [5, 5.41) is 23.2. The van der Waals surface area contributed by atoms with E-state index in [0.29, 0.717) is 11.4 Å². The molecule has 1 fully saturated rings. The minimum Gasteiger partial charge on any atom is -0.378 e. The minimum absolute atomic E-state index is 0.505. The molecule has 3 aromatic rings. The molecule has 7 heteroatoms. The van der Waals surface area contributed by atoms with Gasteiger partial charge >= 0.3 is 0 Å². The van der Waals surface area contributed by atoms with Crippen LogP contribution in [-0.2, 0) is 4.74 Å². The molecule has 0 saturated carbocycles. The van der Waals surface area contributed by atoms with Crippen LogP contribution in [0.4, 0.5) is 11.5 Å². The van der Waals surface area contributed by atoms with Crippen molar-refractivity contribution in [1.82, 2.24) is 10.2 Å². The second-order valence-corrected chi connectivity index (χ2v) is 7.33. The predicted molar refractivity (Wildman–Crippen MR) is 114 cm³/mol. The Bertz CT molecular complexity index is 1080. The first kappa shape index (κ1) is 19.1. The fourth-order valence-corrected chi connectivity index (χ4v) is 3.69. The van der Waals surface area contributed by atoms with Gasteiger partial charge in [0.05, 0.1) is 30.5 Å². The number of hydrogen-bond acceptors (Lipinski definition) is 7. The predicted octanol–water partition coefficient (Wildman–Crippen LogP) is 3.02. The summed E-state index contributed by atoms with van der Waals surface area (Å²) in [6.07, 6.45) is -0.505. The highest BCUT2D eigenvalue weighted by molar-refractivity contribution is 5.95. The lowest BCUT2D eigenvalue weighted by molar-refractivity contribution is 0.122. The summed E-state index contributed by atoms with van der Waals surface area (Å²) in [5.74, 6) is 0.633. The van der Waals surface area contributed by atoms with Crippen LogP contribution < -0.4 is 16.0 Å². The lowest BCUT2D eigenvalue weighted by Gasteiger charge is -2.29. The van der Waals surface area contributed by atoms with E-state index in [1.54, 1.807) is 6.07 Å². The van der Waals surface area contributed by atoms with Gasteiger partial charge in [0.1, 0.15) is 6.17 Å². The highest BCUT2D eigenvalue weighted by Crippen LogP contribution is 2.30. The Morgan fingerprint density at radius 3 is 2.66 bits per heavy atom. The molecule has 1 aromatic heterocycles. The fourth-order valence-electron chi connectivity index (χ4n) is 3.69. The van der Waals surface area contributed by atoms with Crippen molar-refractivity contribution in [3.63, 3.8) is 0 Å². The summed E-state index contributed by atoms with van der Waals surface area (Å²) >= 11 is 0. The molecular formula is C22H24N6O. The molecule has 29 heavy (non-hydrogen) atoms. The quantitative estimate of drug-likeness (QED) is 0.663. The van der Waals surface area contributed by atoms with E-state index in [-0.39, 0.29) is 0 Å². The van der Waals surface area contributed by atoms with E-state index in [1.165, 1.54) is 0 Å². The lowest BCUT2D eigenvalue weighted by Crippen LogP contribution is -2.36. The van der Waals surface area contributed by atoms with Gasteiger partial charge < -0.3 is 20.7 Å². The van der Waals surface area contributed by atoms with Crippen molar-refractivity contribution in [2.75, 3.05) is 36.5 Å². The molecule has 2 heterocycles. The van der Waals surface area contributed by atoms with Crippen molar-refractivity contribution < 1.29 is 4.74 Å². The fraction of sp³-hybridized carbons (Fsp3) is 0.318. The van der Waals surface area contributed by atoms with Crippen molar-refractivity contribution in [2.24, 2.45) is 5.73 Å². The number of nitrogens with two attached hydrogens (primary N) is 1. The van der Waals surface area contributed by atoms with E-state index < -0.39 is 6.17 Å². The molecule has 148 valence electrons. The van der Waals surface area contributed by atoms with Gasteiger partial charge in [0.15, 0.2) is 5.82 Å². The van der Waals surface area contributed by atoms with Gasteiger partial charge in [0.2, 0.25) is 0 Å². The third kappa shape index (κ3) is 3.99. The molecule has 0 aliphatic carbocycles. The van der Waals surface area contributed by atoms with Gasteiger partial charge in [-0.1, -0.05) is 12.1 Å². The third-order valence-corrected chi connectivity index (χ3v) is 5.20. The second kappa shape index (κ2) is 8.03. The number of fused-ring (bicyclic) bond motifs is 1. The summed E-state index contributed by atoms with van der Waals surface area (Å²) in [7, 11) is 0. The third-order valence-electron chi connectivity index (χ3n) is 5.20. The molecule has 0 unspecified atom stereocenters. The molecule has 1 atom stereocenters. The Labute approximate surface area is 170 Å². The summed E-state index contributed by atoms with van der Waals surface area (Å²) in [6.45, 7) is 7.10. The van der Waals surface area contributed by atoms with Crippen molar-refractivity contribution in [1.29, 1.82) is 5.26 Å². The maximum Gasteiger partial charge on any atom is 0.158 e. The molecular weight excluding hydrogens is 364 g/mol. The van der Waals surface area contributed by atoms with Gasteiger partial charge in [-0.25, -0.2) is 0 Å². The Kier molecular flexibility index (Phi) is 5.30. The highest BCUT2D eigenvalue weighted by atomic mass is 16.5. The minimum atomic E-state index is -0.505. The molecule has 0 spiro atoms. The Hall–Kier alpha value is -3.21. The number of aromatic nitrogens is 2. The zero-order chi connectivity index (χ0) is 20.4. The molecule has 0 amide bonds. The monoisotopic (exact) mass is 388 g/mol. The summed E-state index contributed by atoms with van der Waals surface area (Å²) in [4.78, 5) is 2.31. The van der Waals surface area contributed by atoms with Crippen LogP contribution in [0.25, 0.3) is 10.8 Å². The van der Waals surface area contributed by atoms with Crippen LogP contribution in [0.1, 0.15) is 28.6 Å². The van der Waals surface area contributed by atoms with Gasteiger partial charge in [-0.3, -0.25) is 0 Å². The number of nitriles is 1. The van der Waals surface area contributed by atoms with Crippen LogP contribution in [-0.4, -0.2) is 36.5 Å². The topological polar surface area (TPSA) is 100 Å². The van der Waals surface area contributed by atoms with Crippen molar-refractivity contribution >= 4 is 22.3 Å². The first-order chi connectivity index (χ1) is 14.0. The van der Waals surface area contributed by atoms with E-state index in [0.717, 1.165) is 59.6 Å². The Morgan fingerprint density at radius 1 is 1.10 bits per heavy atom. The van der Waals surface area contributed by atoms with Crippen molar-refractivity contribution in [3.05, 3.63) is 58.8 Å². The van der Waals surface area contributed by atoms with E-state index in [1.807, 2.05) is 26.0 Å². The number of rotatable bonds is 4. The molecule has 1 aliphatic rings. The van der Waals surface area contributed by atoms with Crippen LogP contribution in [0.5, 0.6) is 0 Å². The summed E-state index contributed by atoms with van der Waals surface area (Å²) in [6, 6.07) is 14.1. The van der Waals surface area contributed by atoms with E-state index in [4.69, 9.17) is 10.5 Å². The smallest absolute Gasteiger partial charge is 0.158 e. The summed E-state index contributed by atoms with van der Waals surface area (Å²) in [5.41, 5.74) is 10.8. The van der Waals surface area contributed by atoms with Gasteiger partial charge in [-0.15, -0.1) is 5.10 Å². The van der Waals surface area contributed by atoms with Gasteiger partial charge in [0, 0.05) is 29.5 Å². The maximum atomic E-state index is 9.24. The molecule has 4 rings (SSSR count). The maximum absolute atomic E-state index is 9.24. The average Bonchev–Trinajstić information content (AvgIpc) is 2.75. The number of benzene rings is 2. The zero-order valence-corrected chi connectivity index (χ0v) is 16.6. The van der Waals surface area contributed by atoms with Crippen molar-refractivity contribution in [3.8, 4) is 6.07 Å². The van der Waals surface area contributed by atoms with Gasteiger partial charge in [-0.05, 0) is 49.2 Å². The normalized spacial score (nSPS) is 15.2. The average molecular weight is 388 g/mol. The Balaban J connectivity index is 1.70. The highest BCUT2D eigenvalue weighted by Gasteiger charge is 2.16. The molecule has 0 radical (unpaired) electrons. The largest absolute Gasteiger partial charge is 0.378 e. The standard InChI is InChI=1S/C22H24N6O/c1-14-9-16(13-23)11-17(10-14)21(24)25-22-20-12-18(28-5-7-29-8-6-28)3-4-19(20)15(2)26-27-22/h3-4,9-12,21H,5-8,24H2,1-2H3,(H,25,27)/t21-/m0/s1. The number of anilines is 2. The number of nitrogens with one attached hydrogen (secondary N) is 1. The first-order valence-electron chi connectivity index (χ1n) is 9.69.